The van der Waals surface area contributed by atoms with Crippen molar-refractivity contribution in [2.45, 2.75) is 13.8 Å². The normalized spacial score (nSPS) is 10.8. The Morgan fingerprint density at radius 3 is 2.64 bits per heavy atom. The number of hydrazine groups is 1. The zero-order chi connectivity index (χ0) is 10.3. The van der Waals surface area contributed by atoms with Crippen molar-refractivity contribution in [3.63, 3.8) is 0 Å². The van der Waals surface area contributed by atoms with E-state index in [-0.39, 0.29) is 5.95 Å². The molecule has 0 aliphatic rings. The maximum absolute atomic E-state index is 5.55. The molecule has 2 heterocycles. The molecule has 74 valence electrons. The summed E-state index contributed by atoms with van der Waals surface area (Å²) in [7, 11) is 0. The lowest BCUT2D eigenvalue weighted by Gasteiger charge is -2.02. The van der Waals surface area contributed by atoms with Gasteiger partial charge in [-0.3, -0.25) is 0 Å². The van der Waals surface area contributed by atoms with Gasteiger partial charge in [-0.05, 0) is 19.4 Å². The average Bonchev–Trinajstić information content (AvgIpc) is 2.41. The summed E-state index contributed by atoms with van der Waals surface area (Å²) in [5.74, 6) is 6.21. The van der Waals surface area contributed by atoms with Crippen LogP contribution in [0, 0.1) is 13.8 Å². The fraction of sp³-hybridized carbons (Fsp3) is 0.250. The second-order valence-corrected chi connectivity index (χ2v) is 4.24. The number of rotatable bonds is 1. The smallest absolute Gasteiger partial charge is 0.223 e. The lowest BCUT2D eigenvalue weighted by Crippen LogP contribution is -2.10. The van der Waals surface area contributed by atoms with E-state index in [0.29, 0.717) is 5.82 Å². The molecular formula is C8H11N5S. The van der Waals surface area contributed by atoms with Crippen molar-refractivity contribution < 1.29 is 0 Å². The molecule has 0 fully saturated rings. The van der Waals surface area contributed by atoms with Crippen LogP contribution < -0.4 is 17.0 Å². The number of nitrogen functional groups attached to an aromatic ring is 2. The molecule has 0 spiro atoms. The first-order chi connectivity index (χ1) is 6.63. The Morgan fingerprint density at radius 2 is 2.00 bits per heavy atom. The number of hydrogen-bond acceptors (Lipinski definition) is 6. The van der Waals surface area contributed by atoms with Crippen LogP contribution in [0.2, 0.25) is 0 Å². The van der Waals surface area contributed by atoms with Crippen LogP contribution in [0.1, 0.15) is 10.4 Å². The second-order valence-electron chi connectivity index (χ2n) is 3.04. The van der Waals surface area contributed by atoms with E-state index in [9.17, 15) is 0 Å². The highest BCUT2D eigenvalue weighted by Crippen LogP contribution is 2.32. The van der Waals surface area contributed by atoms with Gasteiger partial charge in [-0.25, -0.2) is 10.8 Å². The second kappa shape index (κ2) is 3.07. The Hall–Kier alpha value is -1.40. The summed E-state index contributed by atoms with van der Waals surface area (Å²) in [4.78, 5) is 10.3. The molecule has 5 N–H and O–H groups in total. The minimum atomic E-state index is 0.242. The summed E-state index contributed by atoms with van der Waals surface area (Å²) in [6.45, 7) is 4.06. The summed E-state index contributed by atoms with van der Waals surface area (Å²) in [5.41, 5.74) is 9.24. The molecule has 0 aliphatic carbocycles. The van der Waals surface area contributed by atoms with Crippen LogP contribution in [0.3, 0.4) is 0 Å². The van der Waals surface area contributed by atoms with Gasteiger partial charge in [-0.2, -0.15) is 4.98 Å². The summed E-state index contributed by atoms with van der Waals surface area (Å²) in [5, 5.41) is 0.962. The molecule has 0 aliphatic heterocycles. The van der Waals surface area contributed by atoms with Gasteiger partial charge < -0.3 is 11.2 Å². The van der Waals surface area contributed by atoms with Gasteiger partial charge in [0.15, 0.2) is 5.82 Å². The summed E-state index contributed by atoms with van der Waals surface area (Å²) < 4.78 is 0. The molecule has 0 saturated heterocycles. The summed E-state index contributed by atoms with van der Waals surface area (Å²) >= 11 is 1.60. The van der Waals surface area contributed by atoms with Gasteiger partial charge in [-0.1, -0.05) is 0 Å². The lowest BCUT2D eigenvalue weighted by molar-refractivity contribution is 1.20. The summed E-state index contributed by atoms with van der Waals surface area (Å²) in [6, 6.07) is 0. The van der Waals surface area contributed by atoms with E-state index in [4.69, 9.17) is 11.6 Å². The molecule has 6 heteroatoms. The Bertz CT molecular complexity index is 490. The van der Waals surface area contributed by atoms with Crippen molar-refractivity contribution in [1.29, 1.82) is 0 Å². The van der Waals surface area contributed by atoms with Gasteiger partial charge in [-0.15, -0.1) is 11.3 Å². The van der Waals surface area contributed by atoms with E-state index in [2.05, 4.69) is 15.4 Å². The van der Waals surface area contributed by atoms with Crippen LogP contribution in [0.5, 0.6) is 0 Å². The zero-order valence-electron chi connectivity index (χ0n) is 7.96. The first kappa shape index (κ1) is 9.17. The molecule has 5 nitrogen and oxygen atoms in total. The van der Waals surface area contributed by atoms with Gasteiger partial charge in [0.1, 0.15) is 4.83 Å². The van der Waals surface area contributed by atoms with Crippen LogP contribution >= 0.6 is 11.3 Å². The Labute approximate surface area is 85.1 Å². The quantitative estimate of drug-likeness (QED) is 0.484. The number of nitrogens with one attached hydrogen (secondary N) is 1. The molecule has 0 atom stereocenters. The number of aromatic nitrogens is 2. The molecule has 2 aromatic heterocycles. The molecule has 0 unspecified atom stereocenters. The van der Waals surface area contributed by atoms with Gasteiger partial charge in [0.25, 0.3) is 0 Å². The minimum Gasteiger partial charge on any atom is -0.368 e. The van der Waals surface area contributed by atoms with Crippen LogP contribution in [0.25, 0.3) is 10.2 Å². The van der Waals surface area contributed by atoms with Crippen molar-refractivity contribution in [2.24, 2.45) is 5.84 Å². The monoisotopic (exact) mass is 209 g/mol. The lowest BCUT2D eigenvalue weighted by atomic mass is 10.2. The standard InChI is InChI=1S/C8H11N5S/c1-3-4(2)14-7-5(3)6(13-10)11-8(9)12-7/h10H2,1-2H3,(H3,9,11,12,13). The van der Waals surface area contributed by atoms with Gasteiger partial charge >= 0.3 is 0 Å². The largest absolute Gasteiger partial charge is 0.368 e. The maximum Gasteiger partial charge on any atom is 0.223 e. The van der Waals surface area contributed by atoms with Crippen molar-refractivity contribution in [3.05, 3.63) is 10.4 Å². The molecule has 0 radical (unpaired) electrons. The predicted molar refractivity (Wildman–Crippen MR) is 59.1 cm³/mol. The molecule has 14 heavy (non-hydrogen) atoms. The molecule has 0 bridgehead atoms. The third-order valence-electron chi connectivity index (χ3n) is 2.18. The van der Waals surface area contributed by atoms with E-state index >= 15 is 0 Å². The number of nitrogens with two attached hydrogens (primary N) is 2. The average molecular weight is 209 g/mol. The molecule has 0 saturated carbocycles. The van der Waals surface area contributed by atoms with E-state index < -0.39 is 0 Å². The third-order valence-corrected chi connectivity index (χ3v) is 3.28. The number of anilines is 2. The van der Waals surface area contributed by atoms with E-state index in [1.165, 1.54) is 4.88 Å². The Kier molecular flexibility index (Phi) is 2.01. The fourth-order valence-corrected chi connectivity index (χ4v) is 2.41. The number of aryl methyl sites for hydroxylation is 2. The van der Waals surface area contributed by atoms with Crippen LogP contribution in [0.4, 0.5) is 11.8 Å². The van der Waals surface area contributed by atoms with E-state index in [0.717, 1.165) is 15.8 Å². The zero-order valence-corrected chi connectivity index (χ0v) is 8.77. The van der Waals surface area contributed by atoms with Gasteiger partial charge in [0, 0.05) is 4.88 Å². The topological polar surface area (TPSA) is 89.8 Å². The molecule has 2 rings (SSSR count). The predicted octanol–water partition coefficient (Wildman–Crippen LogP) is 1.18. The van der Waals surface area contributed by atoms with Crippen molar-refractivity contribution in [1.82, 2.24) is 9.97 Å². The van der Waals surface area contributed by atoms with Crippen molar-refractivity contribution >= 4 is 33.3 Å². The van der Waals surface area contributed by atoms with Gasteiger partial charge in [0.05, 0.1) is 5.39 Å². The Balaban J connectivity index is 2.88. The molecule has 0 amide bonds. The highest BCUT2D eigenvalue weighted by Gasteiger charge is 2.12. The van der Waals surface area contributed by atoms with Crippen molar-refractivity contribution in [3.8, 4) is 0 Å². The minimum absolute atomic E-state index is 0.242. The van der Waals surface area contributed by atoms with E-state index in [1.807, 2.05) is 13.8 Å². The number of fused-ring (bicyclic) bond motifs is 1. The van der Waals surface area contributed by atoms with Crippen LogP contribution in [-0.4, -0.2) is 9.97 Å². The van der Waals surface area contributed by atoms with Gasteiger partial charge in [0.2, 0.25) is 5.95 Å². The maximum atomic E-state index is 5.55. The van der Waals surface area contributed by atoms with Crippen LogP contribution in [0.15, 0.2) is 0 Å². The van der Waals surface area contributed by atoms with E-state index in [1.54, 1.807) is 11.3 Å². The molecular weight excluding hydrogens is 198 g/mol. The third kappa shape index (κ3) is 1.19. The number of hydrogen-bond donors (Lipinski definition) is 3. The highest BCUT2D eigenvalue weighted by molar-refractivity contribution is 7.18. The first-order valence-electron chi connectivity index (χ1n) is 4.13. The molecule has 2 aromatic rings. The Morgan fingerprint density at radius 1 is 1.29 bits per heavy atom. The number of thiophene rings is 1. The number of nitrogens with zero attached hydrogens (tertiary/aromatic N) is 2. The highest BCUT2D eigenvalue weighted by atomic mass is 32.1. The fourth-order valence-electron chi connectivity index (χ4n) is 1.37. The first-order valence-corrected chi connectivity index (χ1v) is 4.95. The summed E-state index contributed by atoms with van der Waals surface area (Å²) in [6.07, 6.45) is 0. The SMILES string of the molecule is Cc1sc2nc(N)nc(NN)c2c1C. The van der Waals surface area contributed by atoms with Crippen LogP contribution in [-0.2, 0) is 0 Å². The molecule has 0 aromatic carbocycles. The van der Waals surface area contributed by atoms with Crippen molar-refractivity contribution in [2.75, 3.05) is 11.2 Å².